The molecule has 0 atom stereocenters. The van der Waals surface area contributed by atoms with E-state index in [-0.39, 0.29) is 0 Å². The molecule has 4 nitrogen and oxygen atoms in total. The van der Waals surface area contributed by atoms with Crippen LogP contribution in [0.3, 0.4) is 0 Å². The fraction of sp³-hybridized carbons (Fsp3) is 0.375. The smallest absolute Gasteiger partial charge is 0.224 e. The van der Waals surface area contributed by atoms with E-state index in [1.54, 1.807) is 6.20 Å². The zero-order valence-corrected chi connectivity index (χ0v) is 11.7. The Morgan fingerprint density at radius 2 is 2.15 bits per heavy atom. The molecule has 2 aromatic rings. The first-order valence-electron chi connectivity index (χ1n) is 7.09. The van der Waals surface area contributed by atoms with Gasteiger partial charge in [-0.2, -0.15) is 0 Å². The van der Waals surface area contributed by atoms with E-state index in [9.17, 15) is 0 Å². The molecule has 0 saturated carbocycles. The van der Waals surface area contributed by atoms with Crippen LogP contribution in [0.4, 0.5) is 0 Å². The number of nitrogens with two attached hydrogens (primary N) is 1. The number of aromatic nitrogens is 2. The molecular weight excluding hydrogens is 250 g/mol. The fourth-order valence-electron chi connectivity index (χ4n) is 2.58. The van der Waals surface area contributed by atoms with Gasteiger partial charge in [-0.1, -0.05) is 0 Å². The quantitative estimate of drug-likeness (QED) is 0.930. The van der Waals surface area contributed by atoms with E-state index in [1.807, 2.05) is 19.1 Å². The second-order valence-corrected chi connectivity index (χ2v) is 5.16. The van der Waals surface area contributed by atoms with Gasteiger partial charge in [0.05, 0.1) is 5.69 Å². The summed E-state index contributed by atoms with van der Waals surface area (Å²) in [7, 11) is 0. The maximum atomic E-state index is 5.94. The summed E-state index contributed by atoms with van der Waals surface area (Å²) in [5.41, 5.74) is 10.1. The third-order valence-electron chi connectivity index (χ3n) is 3.73. The second kappa shape index (κ2) is 5.59. The van der Waals surface area contributed by atoms with Gasteiger partial charge in [-0.15, -0.1) is 0 Å². The molecule has 0 unspecified atom stereocenters. The second-order valence-electron chi connectivity index (χ2n) is 5.16. The molecule has 20 heavy (non-hydrogen) atoms. The van der Waals surface area contributed by atoms with Crippen molar-refractivity contribution in [2.24, 2.45) is 5.73 Å². The van der Waals surface area contributed by atoms with Crippen LogP contribution in [-0.4, -0.2) is 9.97 Å². The molecule has 0 bridgehead atoms. The van der Waals surface area contributed by atoms with E-state index in [2.05, 4.69) is 11.1 Å². The highest BCUT2D eigenvalue weighted by Crippen LogP contribution is 2.29. The van der Waals surface area contributed by atoms with Gasteiger partial charge in [0.15, 0.2) is 5.75 Å². The molecule has 2 N–H and O–H groups in total. The Labute approximate surface area is 119 Å². The van der Waals surface area contributed by atoms with Crippen molar-refractivity contribution in [2.45, 2.75) is 39.2 Å². The first kappa shape index (κ1) is 13.1. The summed E-state index contributed by atoms with van der Waals surface area (Å²) in [4.78, 5) is 8.92. The SMILES string of the molecule is Cc1ncccc1Oc1nc2c(cc1CN)CCCC2. The fourth-order valence-corrected chi connectivity index (χ4v) is 2.58. The minimum atomic E-state index is 0.439. The van der Waals surface area contributed by atoms with E-state index >= 15 is 0 Å². The van der Waals surface area contributed by atoms with Crippen molar-refractivity contribution in [3.8, 4) is 11.6 Å². The number of nitrogens with zero attached hydrogens (tertiary/aromatic N) is 2. The molecule has 1 aliphatic rings. The summed E-state index contributed by atoms with van der Waals surface area (Å²) in [5, 5.41) is 0. The van der Waals surface area contributed by atoms with E-state index < -0.39 is 0 Å². The minimum Gasteiger partial charge on any atom is -0.437 e. The van der Waals surface area contributed by atoms with Crippen LogP contribution < -0.4 is 10.5 Å². The molecule has 0 spiro atoms. The van der Waals surface area contributed by atoms with Crippen molar-refractivity contribution >= 4 is 0 Å². The lowest BCUT2D eigenvalue weighted by molar-refractivity contribution is 0.445. The molecule has 0 amide bonds. The van der Waals surface area contributed by atoms with Crippen LogP contribution in [0, 0.1) is 6.92 Å². The highest BCUT2D eigenvalue weighted by atomic mass is 16.5. The highest BCUT2D eigenvalue weighted by Gasteiger charge is 2.16. The Morgan fingerprint density at radius 1 is 1.30 bits per heavy atom. The molecule has 1 aliphatic carbocycles. The largest absolute Gasteiger partial charge is 0.437 e. The van der Waals surface area contributed by atoms with Crippen molar-refractivity contribution < 1.29 is 4.74 Å². The molecule has 0 aliphatic heterocycles. The monoisotopic (exact) mass is 269 g/mol. The summed E-state index contributed by atoms with van der Waals surface area (Å²) < 4.78 is 5.94. The average molecular weight is 269 g/mol. The van der Waals surface area contributed by atoms with E-state index in [0.29, 0.717) is 12.4 Å². The van der Waals surface area contributed by atoms with Gasteiger partial charge < -0.3 is 10.5 Å². The number of fused-ring (bicyclic) bond motifs is 1. The number of pyridine rings is 2. The molecular formula is C16H19N3O. The third kappa shape index (κ3) is 2.51. The lowest BCUT2D eigenvalue weighted by Crippen LogP contribution is -2.10. The van der Waals surface area contributed by atoms with Crippen molar-refractivity contribution in [1.29, 1.82) is 0 Å². The first-order valence-corrected chi connectivity index (χ1v) is 7.09. The predicted molar refractivity (Wildman–Crippen MR) is 77.8 cm³/mol. The van der Waals surface area contributed by atoms with Gasteiger partial charge in [-0.25, -0.2) is 4.98 Å². The molecule has 2 heterocycles. The lowest BCUT2D eigenvalue weighted by atomic mass is 9.95. The number of aryl methyl sites for hydroxylation is 3. The van der Waals surface area contributed by atoms with Crippen molar-refractivity contribution in [1.82, 2.24) is 9.97 Å². The molecule has 0 fully saturated rings. The molecule has 0 aromatic carbocycles. The summed E-state index contributed by atoms with van der Waals surface area (Å²) in [5.74, 6) is 1.37. The average Bonchev–Trinajstić information content (AvgIpc) is 2.49. The highest BCUT2D eigenvalue weighted by molar-refractivity contribution is 5.39. The van der Waals surface area contributed by atoms with Crippen LogP contribution in [0.2, 0.25) is 0 Å². The minimum absolute atomic E-state index is 0.439. The van der Waals surface area contributed by atoms with Gasteiger partial charge in [-0.3, -0.25) is 4.98 Å². The lowest BCUT2D eigenvalue weighted by Gasteiger charge is -2.18. The summed E-state index contributed by atoms with van der Waals surface area (Å²) in [6.07, 6.45) is 6.32. The van der Waals surface area contributed by atoms with Gasteiger partial charge >= 0.3 is 0 Å². The maximum Gasteiger partial charge on any atom is 0.224 e. The Kier molecular flexibility index (Phi) is 3.65. The summed E-state index contributed by atoms with van der Waals surface area (Å²) >= 11 is 0. The van der Waals surface area contributed by atoms with Crippen LogP contribution in [0.5, 0.6) is 11.6 Å². The van der Waals surface area contributed by atoms with Gasteiger partial charge in [-0.05, 0) is 56.4 Å². The summed E-state index contributed by atoms with van der Waals surface area (Å²) in [6.45, 7) is 2.37. The first-order chi connectivity index (χ1) is 9.78. The van der Waals surface area contributed by atoms with Crippen LogP contribution in [0.25, 0.3) is 0 Å². The number of ether oxygens (including phenoxy) is 1. The molecule has 0 saturated heterocycles. The number of rotatable bonds is 3. The zero-order valence-electron chi connectivity index (χ0n) is 11.7. The van der Waals surface area contributed by atoms with Crippen LogP contribution in [-0.2, 0) is 19.4 Å². The topological polar surface area (TPSA) is 61.0 Å². The molecule has 0 radical (unpaired) electrons. The van der Waals surface area contributed by atoms with E-state index in [0.717, 1.165) is 35.5 Å². The van der Waals surface area contributed by atoms with Gasteiger partial charge in [0.2, 0.25) is 5.88 Å². The molecule has 104 valence electrons. The molecule has 4 heteroatoms. The Hall–Kier alpha value is -1.94. The predicted octanol–water partition coefficient (Wildman–Crippen LogP) is 2.91. The Bertz CT molecular complexity index is 625. The van der Waals surface area contributed by atoms with Crippen molar-refractivity contribution in [3.63, 3.8) is 0 Å². The maximum absolute atomic E-state index is 5.94. The normalized spacial score (nSPS) is 13.9. The zero-order chi connectivity index (χ0) is 13.9. The van der Waals surface area contributed by atoms with Gasteiger partial charge in [0, 0.05) is 24.0 Å². The third-order valence-corrected chi connectivity index (χ3v) is 3.73. The molecule has 3 rings (SSSR count). The van der Waals surface area contributed by atoms with E-state index in [4.69, 9.17) is 15.5 Å². The van der Waals surface area contributed by atoms with Gasteiger partial charge in [0.25, 0.3) is 0 Å². The van der Waals surface area contributed by atoms with Crippen LogP contribution in [0.1, 0.15) is 35.4 Å². The Morgan fingerprint density at radius 3 is 2.95 bits per heavy atom. The van der Waals surface area contributed by atoms with E-state index in [1.165, 1.54) is 18.4 Å². The van der Waals surface area contributed by atoms with Crippen LogP contribution >= 0.6 is 0 Å². The molecule has 2 aromatic heterocycles. The number of hydrogen-bond acceptors (Lipinski definition) is 4. The van der Waals surface area contributed by atoms with Crippen molar-refractivity contribution in [3.05, 3.63) is 46.9 Å². The van der Waals surface area contributed by atoms with Crippen molar-refractivity contribution in [2.75, 3.05) is 0 Å². The number of hydrogen-bond donors (Lipinski definition) is 1. The van der Waals surface area contributed by atoms with Gasteiger partial charge in [0.1, 0.15) is 0 Å². The standard InChI is InChI=1S/C16H19N3O/c1-11-15(7-4-8-18-11)20-16-13(10-17)9-12-5-2-3-6-14(12)19-16/h4,7-9H,2-3,5-6,10,17H2,1H3. The van der Waals surface area contributed by atoms with Crippen LogP contribution in [0.15, 0.2) is 24.4 Å². The Balaban J connectivity index is 1.98. The summed E-state index contributed by atoms with van der Waals surface area (Å²) in [6, 6.07) is 5.93.